The van der Waals surface area contributed by atoms with Crippen molar-refractivity contribution in [2.75, 3.05) is 18.4 Å². The molecule has 0 spiro atoms. The van der Waals surface area contributed by atoms with E-state index in [9.17, 15) is 14.9 Å². The highest BCUT2D eigenvalue weighted by atomic mass is 16.2. The molecule has 146 valence electrons. The molecule has 4 rings (SSSR count). The molecule has 7 heteroatoms. The van der Waals surface area contributed by atoms with Gasteiger partial charge in [0.05, 0.1) is 16.8 Å². The minimum atomic E-state index is -0.472. The highest BCUT2D eigenvalue weighted by molar-refractivity contribution is 6.06. The van der Waals surface area contributed by atoms with Gasteiger partial charge in [-0.2, -0.15) is 5.26 Å². The van der Waals surface area contributed by atoms with E-state index in [1.807, 2.05) is 11.0 Å². The molecule has 0 bridgehead atoms. The predicted molar refractivity (Wildman–Crippen MR) is 109 cm³/mol. The summed E-state index contributed by atoms with van der Waals surface area (Å²) in [5.41, 5.74) is 1.64. The number of likely N-dealkylation sites (tertiary alicyclic amines) is 1. The van der Waals surface area contributed by atoms with Gasteiger partial charge in [-0.1, -0.05) is 25.1 Å². The lowest BCUT2D eigenvalue weighted by molar-refractivity contribution is 0.0679. The number of amides is 2. The Morgan fingerprint density at radius 2 is 2.00 bits per heavy atom. The van der Waals surface area contributed by atoms with E-state index in [-0.39, 0.29) is 17.4 Å². The fourth-order valence-corrected chi connectivity index (χ4v) is 3.75. The number of nitrogens with one attached hydrogen (secondary N) is 1. The van der Waals surface area contributed by atoms with E-state index in [1.165, 1.54) is 0 Å². The molecule has 1 aromatic carbocycles. The molecule has 1 saturated heterocycles. The number of nitriles is 1. The number of hydrogen-bond donors (Lipinski definition) is 1. The number of aromatic nitrogens is 2. The van der Waals surface area contributed by atoms with E-state index in [0.717, 1.165) is 12.8 Å². The van der Waals surface area contributed by atoms with Crippen LogP contribution in [0.3, 0.4) is 0 Å². The zero-order chi connectivity index (χ0) is 20.4. The summed E-state index contributed by atoms with van der Waals surface area (Å²) in [5.74, 6) is -0.0646. The second-order valence-electron chi connectivity index (χ2n) is 7.35. The molecule has 29 heavy (non-hydrogen) atoms. The summed E-state index contributed by atoms with van der Waals surface area (Å²) in [6, 6.07) is 14.2. The molecule has 1 fully saturated rings. The average molecular weight is 387 g/mol. The molecule has 1 atom stereocenters. The van der Waals surface area contributed by atoms with E-state index >= 15 is 0 Å². The SMILES string of the molecule is CC1CCCN(C(=O)c2nc(C(=O)Nc3ccccc3C#N)n3ccccc23)C1. The van der Waals surface area contributed by atoms with Crippen LogP contribution >= 0.6 is 0 Å². The van der Waals surface area contributed by atoms with Crippen molar-refractivity contribution in [2.24, 2.45) is 5.92 Å². The Bertz CT molecular complexity index is 1130. The smallest absolute Gasteiger partial charge is 0.292 e. The van der Waals surface area contributed by atoms with Crippen molar-refractivity contribution in [1.82, 2.24) is 14.3 Å². The van der Waals surface area contributed by atoms with Gasteiger partial charge in [-0.3, -0.25) is 14.0 Å². The standard InChI is InChI=1S/C22H21N5O2/c1-15-7-6-11-26(14-15)22(29)19-18-10-4-5-12-27(18)20(25-19)21(28)24-17-9-3-2-8-16(17)13-23/h2-5,8-10,12,15H,6-7,11,14H2,1H3,(H,24,28). The fraction of sp³-hybridized carbons (Fsp3) is 0.273. The van der Waals surface area contributed by atoms with Gasteiger partial charge in [0.15, 0.2) is 5.69 Å². The number of para-hydroxylation sites is 1. The zero-order valence-corrected chi connectivity index (χ0v) is 16.1. The van der Waals surface area contributed by atoms with Crippen LogP contribution in [0.25, 0.3) is 5.52 Å². The lowest BCUT2D eigenvalue weighted by atomic mass is 10.00. The van der Waals surface area contributed by atoms with Crippen LogP contribution in [0.2, 0.25) is 0 Å². The molecule has 0 saturated carbocycles. The number of hydrogen-bond acceptors (Lipinski definition) is 4. The number of nitrogens with zero attached hydrogens (tertiary/aromatic N) is 4. The summed E-state index contributed by atoms with van der Waals surface area (Å²) in [6.45, 7) is 3.53. The van der Waals surface area contributed by atoms with Gasteiger partial charge in [0.2, 0.25) is 5.82 Å². The summed E-state index contributed by atoms with van der Waals surface area (Å²) >= 11 is 0. The molecule has 1 aliphatic rings. The van der Waals surface area contributed by atoms with Gasteiger partial charge < -0.3 is 10.2 Å². The van der Waals surface area contributed by atoms with Gasteiger partial charge in [0.1, 0.15) is 6.07 Å². The molecule has 1 aliphatic heterocycles. The van der Waals surface area contributed by atoms with Crippen LogP contribution in [0, 0.1) is 17.2 Å². The fourth-order valence-electron chi connectivity index (χ4n) is 3.75. The number of rotatable bonds is 3. The van der Waals surface area contributed by atoms with Gasteiger partial charge >= 0.3 is 0 Å². The van der Waals surface area contributed by atoms with Crippen molar-refractivity contribution in [1.29, 1.82) is 5.26 Å². The number of carbonyl (C=O) groups excluding carboxylic acids is 2. The highest BCUT2D eigenvalue weighted by Gasteiger charge is 2.28. The zero-order valence-electron chi connectivity index (χ0n) is 16.1. The molecule has 3 aromatic rings. The summed E-state index contributed by atoms with van der Waals surface area (Å²) < 4.78 is 1.62. The van der Waals surface area contributed by atoms with Crippen molar-refractivity contribution in [3.8, 4) is 6.07 Å². The molecule has 3 heterocycles. The number of piperidine rings is 1. The van der Waals surface area contributed by atoms with Crippen molar-refractivity contribution >= 4 is 23.0 Å². The van der Waals surface area contributed by atoms with Crippen LogP contribution in [0.1, 0.15) is 46.4 Å². The van der Waals surface area contributed by atoms with E-state index in [0.29, 0.717) is 35.8 Å². The number of imidazole rings is 1. The van der Waals surface area contributed by atoms with Crippen LogP contribution < -0.4 is 5.32 Å². The number of pyridine rings is 1. The normalized spacial score (nSPS) is 16.4. The van der Waals surface area contributed by atoms with Crippen molar-refractivity contribution in [2.45, 2.75) is 19.8 Å². The minimum Gasteiger partial charge on any atom is -0.337 e. The van der Waals surface area contributed by atoms with Crippen LogP contribution in [0.5, 0.6) is 0 Å². The molecular weight excluding hydrogens is 366 g/mol. The van der Waals surface area contributed by atoms with Gasteiger partial charge in [-0.05, 0) is 43.0 Å². The number of anilines is 1. The predicted octanol–water partition coefficient (Wildman–Crippen LogP) is 3.33. The minimum absolute atomic E-state index is 0.113. The van der Waals surface area contributed by atoms with Crippen LogP contribution in [-0.4, -0.2) is 39.2 Å². The summed E-state index contributed by atoms with van der Waals surface area (Å²) in [5, 5.41) is 12.0. The van der Waals surface area contributed by atoms with Crippen molar-refractivity contribution < 1.29 is 9.59 Å². The molecule has 2 amide bonds. The van der Waals surface area contributed by atoms with E-state index in [4.69, 9.17) is 0 Å². The maximum atomic E-state index is 13.1. The summed E-state index contributed by atoms with van der Waals surface area (Å²) in [6.07, 6.45) is 3.79. The first-order chi connectivity index (χ1) is 14.1. The van der Waals surface area contributed by atoms with Crippen LogP contribution in [0.4, 0.5) is 5.69 Å². The Morgan fingerprint density at radius 1 is 1.21 bits per heavy atom. The molecular formula is C22H21N5O2. The van der Waals surface area contributed by atoms with E-state index in [2.05, 4.69) is 23.3 Å². The number of carbonyl (C=O) groups is 2. The first-order valence-electron chi connectivity index (χ1n) is 9.65. The highest BCUT2D eigenvalue weighted by Crippen LogP contribution is 2.22. The van der Waals surface area contributed by atoms with Crippen LogP contribution in [-0.2, 0) is 0 Å². The Morgan fingerprint density at radius 3 is 2.79 bits per heavy atom. The maximum Gasteiger partial charge on any atom is 0.292 e. The second-order valence-corrected chi connectivity index (χ2v) is 7.35. The number of benzene rings is 1. The van der Waals surface area contributed by atoms with E-state index in [1.54, 1.807) is 47.0 Å². The lowest BCUT2D eigenvalue weighted by Crippen LogP contribution is -2.39. The van der Waals surface area contributed by atoms with Crippen molar-refractivity contribution in [3.05, 3.63) is 65.7 Å². The molecule has 1 unspecified atom stereocenters. The third kappa shape index (κ3) is 3.57. The molecule has 0 aliphatic carbocycles. The first kappa shape index (κ1) is 18.7. The molecule has 2 aromatic heterocycles. The molecule has 1 N–H and O–H groups in total. The van der Waals surface area contributed by atoms with Gasteiger partial charge in [0, 0.05) is 19.3 Å². The Hall–Kier alpha value is -3.66. The van der Waals surface area contributed by atoms with E-state index < -0.39 is 5.91 Å². The van der Waals surface area contributed by atoms with Crippen LogP contribution in [0.15, 0.2) is 48.7 Å². The summed E-state index contributed by atoms with van der Waals surface area (Å²) in [7, 11) is 0. The average Bonchev–Trinajstić information content (AvgIpc) is 3.13. The first-order valence-corrected chi connectivity index (χ1v) is 9.65. The maximum absolute atomic E-state index is 13.1. The number of fused-ring (bicyclic) bond motifs is 1. The Labute approximate surface area is 168 Å². The largest absolute Gasteiger partial charge is 0.337 e. The summed E-state index contributed by atoms with van der Waals surface area (Å²) in [4.78, 5) is 32.3. The monoisotopic (exact) mass is 387 g/mol. The third-order valence-corrected chi connectivity index (χ3v) is 5.19. The lowest BCUT2D eigenvalue weighted by Gasteiger charge is -2.30. The second kappa shape index (κ2) is 7.76. The topological polar surface area (TPSA) is 90.5 Å². The Kier molecular flexibility index (Phi) is 5.00. The van der Waals surface area contributed by atoms with Crippen molar-refractivity contribution in [3.63, 3.8) is 0 Å². The van der Waals surface area contributed by atoms with Gasteiger partial charge in [-0.25, -0.2) is 4.98 Å². The van der Waals surface area contributed by atoms with Gasteiger partial charge in [-0.15, -0.1) is 0 Å². The Balaban J connectivity index is 1.70. The molecule has 7 nitrogen and oxygen atoms in total. The third-order valence-electron chi connectivity index (χ3n) is 5.19. The quantitative estimate of drug-likeness (QED) is 0.746. The molecule has 0 radical (unpaired) electrons. The van der Waals surface area contributed by atoms with Gasteiger partial charge in [0.25, 0.3) is 11.8 Å².